The average molecular weight is 703 g/mol. The van der Waals surface area contributed by atoms with Crippen LogP contribution in [-0.2, 0) is 9.59 Å². The van der Waals surface area contributed by atoms with Gasteiger partial charge in [0.15, 0.2) is 0 Å². The number of aromatic hydroxyl groups is 1. The number of carbonyl (C=O) groups is 2. The monoisotopic (exact) mass is 702 g/mol. The summed E-state index contributed by atoms with van der Waals surface area (Å²) in [5.74, 6) is -0.710. The van der Waals surface area contributed by atoms with Gasteiger partial charge < -0.3 is 20.4 Å². The van der Waals surface area contributed by atoms with Gasteiger partial charge in [-0.1, -0.05) is 61.5 Å². The lowest BCUT2D eigenvalue weighted by Gasteiger charge is -2.30. The molecule has 0 bridgehead atoms. The minimum Gasteiger partial charge on any atom is -0.507 e. The molecule has 3 aromatic carbocycles. The number of aliphatic hydroxyl groups is 1. The number of carbonyl (C=O) groups excluding carboxylic acids is 2. The van der Waals surface area contributed by atoms with Crippen LogP contribution in [0.2, 0.25) is 0 Å². The van der Waals surface area contributed by atoms with E-state index in [0.29, 0.717) is 22.5 Å². The highest BCUT2D eigenvalue weighted by molar-refractivity contribution is 7.13. The zero-order valence-corrected chi connectivity index (χ0v) is 29.5. The molecule has 1 saturated heterocycles. The third-order valence-electron chi connectivity index (χ3n) is 9.38. The lowest BCUT2D eigenvalue weighted by Crippen LogP contribution is -2.49. The minimum atomic E-state index is -0.835. The highest BCUT2D eigenvalue weighted by Gasteiger charge is 2.43. The van der Waals surface area contributed by atoms with Crippen LogP contribution in [-0.4, -0.2) is 75.8 Å². The first kappa shape index (κ1) is 33.9. The third kappa shape index (κ3) is 6.82. The van der Waals surface area contributed by atoms with Gasteiger partial charge in [-0.15, -0.1) is 26.6 Å². The summed E-state index contributed by atoms with van der Waals surface area (Å²) in [5, 5.41) is 42.2. The summed E-state index contributed by atoms with van der Waals surface area (Å²) in [6.45, 7) is 7.76. The van der Waals surface area contributed by atoms with E-state index in [2.05, 4.69) is 30.8 Å². The Morgan fingerprint density at radius 2 is 1.71 bits per heavy atom. The van der Waals surface area contributed by atoms with Gasteiger partial charge in [-0.3, -0.25) is 9.59 Å². The van der Waals surface area contributed by atoms with Crippen LogP contribution in [0.25, 0.3) is 43.9 Å². The number of benzene rings is 3. The number of likely N-dealkylation sites (tertiary alicyclic amines) is 1. The molecule has 0 unspecified atom stereocenters. The number of nitrogens with one attached hydrogen (secondary N) is 1. The molecule has 0 saturated carbocycles. The molecule has 1 aliphatic rings. The number of phenolic OH excluding ortho intramolecular Hbond substituents is 1. The zero-order chi connectivity index (χ0) is 35.8. The normalized spacial score (nSPS) is 17.2. The number of aromatic nitrogens is 6. The molecular formula is C38H38N8O4S. The number of para-hydroxylation sites is 1. The van der Waals surface area contributed by atoms with Crippen LogP contribution in [0.5, 0.6) is 5.75 Å². The summed E-state index contributed by atoms with van der Waals surface area (Å²) in [6, 6.07) is 20.5. The number of aryl methyl sites for hydroxylation is 1. The van der Waals surface area contributed by atoms with E-state index in [1.54, 1.807) is 40.4 Å². The van der Waals surface area contributed by atoms with Crippen molar-refractivity contribution in [3.63, 3.8) is 0 Å². The van der Waals surface area contributed by atoms with E-state index < -0.39 is 18.2 Å². The molecule has 0 aliphatic carbocycles. The third-order valence-corrected chi connectivity index (χ3v) is 10.4. The van der Waals surface area contributed by atoms with Gasteiger partial charge in [0.25, 0.3) is 0 Å². The number of nitrogens with zero attached hydrogens (tertiary/aromatic N) is 7. The second-order valence-electron chi connectivity index (χ2n) is 13.3. The first-order valence-corrected chi connectivity index (χ1v) is 17.7. The van der Waals surface area contributed by atoms with Gasteiger partial charge in [-0.2, -0.15) is 0 Å². The molecule has 6 aromatic rings. The Labute approximate surface area is 298 Å². The predicted molar refractivity (Wildman–Crippen MR) is 194 cm³/mol. The fourth-order valence-electron chi connectivity index (χ4n) is 6.65. The van der Waals surface area contributed by atoms with Crippen molar-refractivity contribution < 1.29 is 19.8 Å². The molecule has 4 heterocycles. The largest absolute Gasteiger partial charge is 0.507 e. The number of amides is 2. The Bertz CT molecular complexity index is 2220. The van der Waals surface area contributed by atoms with E-state index in [0.717, 1.165) is 32.6 Å². The number of aliphatic hydroxyl groups excluding tert-OH is 1. The Morgan fingerprint density at radius 1 is 0.941 bits per heavy atom. The van der Waals surface area contributed by atoms with Gasteiger partial charge in [-0.05, 0) is 61.2 Å². The standard InChI is InChI=1S/C38H38N8O4S/c1-21(2)35(46-19-32(43-44-46)26-13-14-30-27(15-26)16-31(42-41-30)29-7-5-6-8-34(29)48)38(50)45-18-28(47)17-33(45)37(49)40-22(3)24-9-11-25(12-10-24)36-23(4)39-20-51-36/h5-16,19-22,28,33,35,47-48H,17-18H2,1-4H3,(H,40,49)/t22-,28+,33-,35-/m0/s1. The molecule has 2 amide bonds. The molecule has 1 fully saturated rings. The first-order chi connectivity index (χ1) is 24.6. The summed E-state index contributed by atoms with van der Waals surface area (Å²) in [5.41, 5.74) is 7.90. The summed E-state index contributed by atoms with van der Waals surface area (Å²) >= 11 is 1.59. The number of fused-ring (bicyclic) bond motifs is 1. The van der Waals surface area contributed by atoms with Crippen LogP contribution in [0, 0.1) is 12.8 Å². The van der Waals surface area contributed by atoms with Crippen molar-refractivity contribution in [2.75, 3.05) is 6.54 Å². The average Bonchev–Trinajstić information content (AvgIpc) is 3.88. The molecule has 3 N–H and O–H groups in total. The van der Waals surface area contributed by atoms with Crippen molar-refractivity contribution in [2.24, 2.45) is 5.92 Å². The van der Waals surface area contributed by atoms with Crippen molar-refractivity contribution in [3.05, 3.63) is 95.8 Å². The SMILES string of the molecule is Cc1ncsc1-c1ccc([C@H](C)NC(=O)[C@@H]2C[C@@H](O)CN2C(=O)[C@H](C(C)C)n2cc(-c3ccc4nnc(-c5ccccc5O)cc4c3)nn2)cc1. The second kappa shape index (κ2) is 14.0. The molecule has 7 rings (SSSR count). The number of hydrogen-bond acceptors (Lipinski definition) is 10. The van der Waals surface area contributed by atoms with E-state index in [-0.39, 0.29) is 42.5 Å². The highest BCUT2D eigenvalue weighted by Crippen LogP contribution is 2.32. The summed E-state index contributed by atoms with van der Waals surface area (Å²) < 4.78 is 1.54. The fourth-order valence-corrected chi connectivity index (χ4v) is 7.46. The zero-order valence-electron chi connectivity index (χ0n) is 28.6. The first-order valence-electron chi connectivity index (χ1n) is 16.8. The van der Waals surface area contributed by atoms with Gasteiger partial charge in [0.2, 0.25) is 11.8 Å². The Hall–Kier alpha value is -5.53. The highest BCUT2D eigenvalue weighted by atomic mass is 32.1. The topological polar surface area (TPSA) is 159 Å². The summed E-state index contributed by atoms with van der Waals surface area (Å²) in [4.78, 5) is 34.8. The molecule has 0 radical (unpaired) electrons. The van der Waals surface area contributed by atoms with E-state index in [1.807, 2.05) is 87.8 Å². The van der Waals surface area contributed by atoms with Crippen molar-refractivity contribution >= 4 is 34.1 Å². The van der Waals surface area contributed by atoms with E-state index in [4.69, 9.17) is 0 Å². The maximum Gasteiger partial charge on any atom is 0.248 e. The quantitative estimate of drug-likeness (QED) is 0.171. The Morgan fingerprint density at radius 3 is 2.43 bits per heavy atom. The molecule has 13 heteroatoms. The summed E-state index contributed by atoms with van der Waals surface area (Å²) in [7, 11) is 0. The minimum absolute atomic E-state index is 0.0456. The fraction of sp³-hybridized carbons (Fsp3) is 0.289. The molecule has 12 nitrogen and oxygen atoms in total. The van der Waals surface area contributed by atoms with E-state index >= 15 is 0 Å². The van der Waals surface area contributed by atoms with Crippen LogP contribution in [0.1, 0.15) is 50.5 Å². The second-order valence-corrected chi connectivity index (χ2v) is 14.2. The lowest BCUT2D eigenvalue weighted by atomic mass is 10.0. The predicted octanol–water partition coefficient (Wildman–Crippen LogP) is 5.73. The van der Waals surface area contributed by atoms with Crippen LogP contribution >= 0.6 is 11.3 Å². The molecular weight excluding hydrogens is 665 g/mol. The lowest BCUT2D eigenvalue weighted by molar-refractivity contribution is -0.142. The van der Waals surface area contributed by atoms with E-state index in [1.165, 1.54) is 4.90 Å². The maximum atomic E-state index is 14.2. The molecule has 4 atom stereocenters. The number of rotatable bonds is 9. The molecule has 0 spiro atoms. The van der Waals surface area contributed by atoms with Gasteiger partial charge in [-0.25, -0.2) is 9.67 Å². The number of β-amino-alcohol motifs (C(OH)–C–C–N with tert-alkyl or cyclic N) is 1. The van der Waals surface area contributed by atoms with Crippen molar-refractivity contribution in [1.29, 1.82) is 0 Å². The van der Waals surface area contributed by atoms with Crippen molar-refractivity contribution in [2.45, 2.75) is 58.3 Å². The van der Waals surface area contributed by atoms with Crippen molar-refractivity contribution in [1.82, 2.24) is 40.4 Å². The van der Waals surface area contributed by atoms with Gasteiger partial charge in [0.05, 0.1) is 45.6 Å². The van der Waals surface area contributed by atoms with Gasteiger partial charge in [0.1, 0.15) is 23.5 Å². The van der Waals surface area contributed by atoms with Gasteiger partial charge in [0, 0.05) is 29.5 Å². The molecule has 260 valence electrons. The number of phenols is 1. The maximum absolute atomic E-state index is 14.2. The molecule has 51 heavy (non-hydrogen) atoms. The smallest absolute Gasteiger partial charge is 0.248 e. The Balaban J connectivity index is 1.08. The van der Waals surface area contributed by atoms with Crippen LogP contribution in [0.15, 0.2) is 84.5 Å². The number of hydrogen-bond donors (Lipinski definition) is 3. The van der Waals surface area contributed by atoms with Gasteiger partial charge >= 0.3 is 0 Å². The molecule has 3 aromatic heterocycles. The van der Waals surface area contributed by atoms with E-state index in [9.17, 15) is 19.8 Å². The number of thiazole rings is 1. The summed E-state index contributed by atoms with van der Waals surface area (Å²) in [6.07, 6.45) is 1.04. The van der Waals surface area contributed by atoms with Crippen molar-refractivity contribution in [3.8, 4) is 38.7 Å². The Kier molecular flexibility index (Phi) is 9.32. The van der Waals surface area contributed by atoms with Crippen LogP contribution < -0.4 is 5.32 Å². The van der Waals surface area contributed by atoms with Crippen LogP contribution in [0.3, 0.4) is 0 Å². The molecule has 1 aliphatic heterocycles. The van der Waals surface area contributed by atoms with Crippen LogP contribution in [0.4, 0.5) is 0 Å².